The van der Waals surface area contributed by atoms with Gasteiger partial charge in [-0.1, -0.05) is 6.92 Å². The van der Waals surface area contributed by atoms with E-state index in [2.05, 4.69) is 0 Å². The second kappa shape index (κ2) is 1.72. The molecule has 58 valence electrons. The summed E-state index contributed by atoms with van der Waals surface area (Å²) in [4.78, 5) is 0. The highest BCUT2D eigenvalue weighted by Gasteiger charge is 2.57. The minimum atomic E-state index is -2.33. The topological polar surface area (TPSA) is 0 Å². The summed E-state index contributed by atoms with van der Waals surface area (Å²) in [6.07, 6.45) is 2.59. The van der Waals surface area contributed by atoms with Crippen LogP contribution in [-0.4, -0.2) is 5.92 Å². The van der Waals surface area contributed by atoms with Gasteiger partial charge in [-0.05, 0) is 25.2 Å². The molecule has 0 aliphatic heterocycles. The first kappa shape index (κ1) is 6.56. The third kappa shape index (κ3) is 0.599. The third-order valence-corrected chi connectivity index (χ3v) is 3.33. The van der Waals surface area contributed by atoms with Crippen molar-refractivity contribution >= 4 is 0 Å². The van der Waals surface area contributed by atoms with Crippen LogP contribution in [0.25, 0.3) is 0 Å². The van der Waals surface area contributed by atoms with E-state index in [-0.39, 0.29) is 11.8 Å². The number of rotatable bonds is 0. The molecule has 0 nitrogen and oxygen atoms in total. The summed E-state index contributed by atoms with van der Waals surface area (Å²) in [7, 11) is 0. The van der Waals surface area contributed by atoms with Crippen LogP contribution in [0, 0.1) is 17.8 Å². The lowest BCUT2D eigenvalue weighted by Gasteiger charge is -2.27. The van der Waals surface area contributed by atoms with Crippen LogP contribution in [0.4, 0.5) is 8.78 Å². The van der Waals surface area contributed by atoms with Gasteiger partial charge in [0.05, 0.1) is 0 Å². The Bertz CT molecular complexity index is 149. The van der Waals surface area contributed by atoms with E-state index in [4.69, 9.17) is 0 Å². The molecule has 0 saturated heterocycles. The van der Waals surface area contributed by atoms with Crippen LogP contribution in [0.2, 0.25) is 0 Å². The maximum absolute atomic E-state index is 13.0. The SMILES string of the molecule is C[C@@H]1[C@H]2CC[C@H](C2)C1(F)F. The van der Waals surface area contributed by atoms with Gasteiger partial charge in [-0.2, -0.15) is 0 Å². The molecular formula is C8H12F2. The molecule has 2 aliphatic rings. The maximum Gasteiger partial charge on any atom is 0.253 e. The average Bonchev–Trinajstić information content (AvgIpc) is 2.37. The van der Waals surface area contributed by atoms with Crippen LogP contribution >= 0.6 is 0 Å². The predicted octanol–water partition coefficient (Wildman–Crippen LogP) is 2.69. The van der Waals surface area contributed by atoms with Crippen LogP contribution in [0.5, 0.6) is 0 Å². The molecule has 0 spiro atoms. The lowest BCUT2D eigenvalue weighted by molar-refractivity contribution is -0.0911. The van der Waals surface area contributed by atoms with Crippen molar-refractivity contribution in [3.63, 3.8) is 0 Å². The first-order chi connectivity index (χ1) is 4.62. The van der Waals surface area contributed by atoms with Crippen molar-refractivity contribution in [2.45, 2.75) is 32.1 Å². The van der Waals surface area contributed by atoms with Gasteiger partial charge in [-0.25, -0.2) is 8.78 Å². The van der Waals surface area contributed by atoms with Crippen molar-refractivity contribution in [2.75, 3.05) is 0 Å². The van der Waals surface area contributed by atoms with E-state index in [1.54, 1.807) is 6.92 Å². The van der Waals surface area contributed by atoms with E-state index < -0.39 is 5.92 Å². The van der Waals surface area contributed by atoms with E-state index in [0.29, 0.717) is 5.92 Å². The summed E-state index contributed by atoms with van der Waals surface area (Å²) in [6.45, 7) is 1.70. The van der Waals surface area contributed by atoms with Crippen LogP contribution in [0.1, 0.15) is 26.2 Å². The van der Waals surface area contributed by atoms with Crippen molar-refractivity contribution < 1.29 is 8.78 Å². The molecule has 2 aliphatic carbocycles. The van der Waals surface area contributed by atoms with Crippen molar-refractivity contribution in [3.8, 4) is 0 Å². The van der Waals surface area contributed by atoms with Gasteiger partial charge in [0.1, 0.15) is 0 Å². The fourth-order valence-electron chi connectivity index (χ4n) is 2.51. The zero-order valence-electron chi connectivity index (χ0n) is 6.11. The van der Waals surface area contributed by atoms with Gasteiger partial charge in [0.15, 0.2) is 0 Å². The predicted molar refractivity (Wildman–Crippen MR) is 34.9 cm³/mol. The molecule has 2 bridgehead atoms. The standard InChI is InChI=1S/C8H12F2/c1-5-6-2-3-7(4-6)8(5,9)10/h5-7H,2-4H2,1H3/t5-,6+,7-/m1/s1. The van der Waals surface area contributed by atoms with Gasteiger partial charge < -0.3 is 0 Å². The van der Waals surface area contributed by atoms with E-state index in [0.717, 1.165) is 19.3 Å². The molecule has 2 rings (SSSR count). The van der Waals surface area contributed by atoms with Crippen LogP contribution in [0.15, 0.2) is 0 Å². The van der Waals surface area contributed by atoms with Gasteiger partial charge in [0, 0.05) is 11.8 Å². The average molecular weight is 146 g/mol. The third-order valence-electron chi connectivity index (χ3n) is 3.33. The normalized spacial score (nSPS) is 50.1. The Balaban J connectivity index is 2.25. The summed E-state index contributed by atoms with van der Waals surface area (Å²) in [5.41, 5.74) is 0. The van der Waals surface area contributed by atoms with Crippen LogP contribution < -0.4 is 0 Å². The Morgan fingerprint density at radius 3 is 2.30 bits per heavy atom. The highest BCUT2D eigenvalue weighted by atomic mass is 19.3. The number of hydrogen-bond acceptors (Lipinski definition) is 0. The second-order valence-corrected chi connectivity index (χ2v) is 3.73. The first-order valence-corrected chi connectivity index (χ1v) is 4.00. The number of alkyl halides is 2. The van der Waals surface area contributed by atoms with E-state index >= 15 is 0 Å². The molecule has 0 aromatic rings. The molecule has 0 radical (unpaired) electrons. The highest BCUT2D eigenvalue weighted by molar-refractivity contribution is 4.99. The molecule has 0 N–H and O–H groups in total. The number of halogens is 2. The monoisotopic (exact) mass is 146 g/mol. The quantitative estimate of drug-likeness (QED) is 0.493. The Kier molecular flexibility index (Phi) is 1.13. The van der Waals surface area contributed by atoms with Gasteiger partial charge in [0.25, 0.3) is 5.92 Å². The van der Waals surface area contributed by atoms with Crippen molar-refractivity contribution in [1.82, 2.24) is 0 Å². The van der Waals surface area contributed by atoms with E-state index in [9.17, 15) is 8.78 Å². The molecule has 2 saturated carbocycles. The molecule has 0 aromatic carbocycles. The Hall–Kier alpha value is -0.140. The summed E-state index contributed by atoms with van der Waals surface area (Å²) in [5.74, 6) is -2.61. The fraction of sp³-hybridized carbons (Fsp3) is 1.00. The summed E-state index contributed by atoms with van der Waals surface area (Å²) >= 11 is 0. The lowest BCUT2D eigenvalue weighted by atomic mass is 9.87. The minimum absolute atomic E-state index is 0.271. The first-order valence-electron chi connectivity index (χ1n) is 4.00. The summed E-state index contributed by atoms with van der Waals surface area (Å²) < 4.78 is 26.1. The molecular weight excluding hydrogens is 134 g/mol. The summed E-state index contributed by atoms with van der Waals surface area (Å²) in [6, 6.07) is 0. The smallest absolute Gasteiger partial charge is 0.206 e. The van der Waals surface area contributed by atoms with Crippen LogP contribution in [-0.2, 0) is 0 Å². The van der Waals surface area contributed by atoms with Crippen molar-refractivity contribution in [2.24, 2.45) is 17.8 Å². The highest BCUT2D eigenvalue weighted by Crippen LogP contribution is 2.56. The van der Waals surface area contributed by atoms with Crippen molar-refractivity contribution in [3.05, 3.63) is 0 Å². The molecule has 0 heterocycles. The zero-order chi connectivity index (χ0) is 7.35. The lowest BCUT2D eigenvalue weighted by Crippen LogP contribution is -2.32. The molecule has 2 fully saturated rings. The molecule has 10 heavy (non-hydrogen) atoms. The minimum Gasteiger partial charge on any atom is -0.206 e. The molecule has 0 amide bonds. The van der Waals surface area contributed by atoms with Gasteiger partial charge in [0.2, 0.25) is 0 Å². The van der Waals surface area contributed by atoms with Crippen LogP contribution in [0.3, 0.4) is 0 Å². The fourth-order valence-corrected chi connectivity index (χ4v) is 2.51. The van der Waals surface area contributed by atoms with Crippen molar-refractivity contribution in [1.29, 1.82) is 0 Å². The van der Waals surface area contributed by atoms with Gasteiger partial charge in [-0.3, -0.25) is 0 Å². The Morgan fingerprint density at radius 2 is 2.00 bits per heavy atom. The van der Waals surface area contributed by atoms with Gasteiger partial charge in [-0.15, -0.1) is 0 Å². The Morgan fingerprint density at radius 1 is 1.30 bits per heavy atom. The molecule has 0 unspecified atom stereocenters. The largest absolute Gasteiger partial charge is 0.253 e. The van der Waals surface area contributed by atoms with Gasteiger partial charge >= 0.3 is 0 Å². The Labute approximate surface area is 59.6 Å². The summed E-state index contributed by atoms with van der Waals surface area (Å²) in [5, 5.41) is 0. The zero-order valence-corrected chi connectivity index (χ0v) is 6.11. The van der Waals surface area contributed by atoms with E-state index in [1.807, 2.05) is 0 Å². The molecule has 0 aromatic heterocycles. The maximum atomic E-state index is 13.0. The van der Waals surface area contributed by atoms with E-state index in [1.165, 1.54) is 0 Å². The molecule has 2 heteroatoms. The molecule has 3 atom stereocenters. The number of fused-ring (bicyclic) bond motifs is 2. The number of hydrogen-bond donors (Lipinski definition) is 0. The second-order valence-electron chi connectivity index (χ2n) is 3.73.